The van der Waals surface area contributed by atoms with Crippen LogP contribution in [-0.4, -0.2) is 67.0 Å². The average molecular weight is 484 g/mol. The van der Waals surface area contributed by atoms with E-state index >= 15 is 0 Å². The standard InChI is InChI=1S/C22H29NO7S2/c1-4-30-17-6-8-18(9-7-17)32(26,27)22-15-31(24,25)14-19(22)23-12-11-16-5-10-20(28-2)21(13-16)29-3/h5-10,13,19,22-23H,4,11-12,14-15H2,1-3H3/t19-,22-/m0/s1. The van der Waals surface area contributed by atoms with E-state index in [-0.39, 0.29) is 10.6 Å². The number of sulfone groups is 2. The van der Waals surface area contributed by atoms with Gasteiger partial charge in [0.05, 0.1) is 42.5 Å². The van der Waals surface area contributed by atoms with E-state index in [9.17, 15) is 16.8 Å². The quantitative estimate of drug-likeness (QED) is 0.546. The molecule has 1 heterocycles. The lowest BCUT2D eigenvalue weighted by molar-refractivity contribution is 0.340. The fourth-order valence-electron chi connectivity index (χ4n) is 3.82. The number of hydrogen-bond donors (Lipinski definition) is 1. The van der Waals surface area contributed by atoms with Gasteiger partial charge in [-0.1, -0.05) is 6.07 Å². The minimum atomic E-state index is -3.84. The van der Waals surface area contributed by atoms with Gasteiger partial charge in [0.25, 0.3) is 0 Å². The Kier molecular flexibility index (Phi) is 7.68. The van der Waals surface area contributed by atoms with Crippen LogP contribution in [0.4, 0.5) is 0 Å². The minimum Gasteiger partial charge on any atom is -0.494 e. The second-order valence-corrected chi connectivity index (χ2v) is 11.9. The topological polar surface area (TPSA) is 108 Å². The third kappa shape index (κ3) is 5.54. The highest BCUT2D eigenvalue weighted by molar-refractivity contribution is 7.96. The molecular weight excluding hydrogens is 454 g/mol. The van der Waals surface area contributed by atoms with Crippen LogP contribution in [0.3, 0.4) is 0 Å². The SMILES string of the molecule is CCOc1ccc(S(=O)(=O)[C@H]2CS(=O)(=O)C[C@@H]2NCCc2ccc(OC)c(OC)c2)cc1. The van der Waals surface area contributed by atoms with Crippen molar-refractivity contribution in [1.29, 1.82) is 0 Å². The molecule has 10 heteroatoms. The molecule has 8 nitrogen and oxygen atoms in total. The summed E-state index contributed by atoms with van der Waals surface area (Å²) in [5.74, 6) is 1.18. The highest BCUT2D eigenvalue weighted by Crippen LogP contribution is 2.29. The molecule has 0 aliphatic carbocycles. The van der Waals surface area contributed by atoms with Gasteiger partial charge < -0.3 is 19.5 Å². The van der Waals surface area contributed by atoms with E-state index < -0.39 is 36.7 Å². The Labute approximate surface area is 189 Å². The molecule has 0 bridgehead atoms. The lowest BCUT2D eigenvalue weighted by atomic mass is 10.1. The summed E-state index contributed by atoms with van der Waals surface area (Å²) in [6, 6.07) is 10.9. The Bertz CT molecular complexity index is 1130. The predicted molar refractivity (Wildman–Crippen MR) is 122 cm³/mol. The molecule has 1 N–H and O–H groups in total. The van der Waals surface area contributed by atoms with E-state index in [1.807, 2.05) is 19.1 Å². The van der Waals surface area contributed by atoms with Crippen LogP contribution in [0.5, 0.6) is 17.2 Å². The molecule has 176 valence electrons. The number of ether oxygens (including phenoxy) is 3. The first-order valence-corrected chi connectivity index (χ1v) is 13.7. The van der Waals surface area contributed by atoms with Crippen molar-refractivity contribution in [3.63, 3.8) is 0 Å². The molecule has 1 fully saturated rings. The summed E-state index contributed by atoms with van der Waals surface area (Å²) < 4.78 is 66.9. The van der Waals surface area contributed by atoms with Crippen molar-refractivity contribution in [3.8, 4) is 17.2 Å². The van der Waals surface area contributed by atoms with Crippen LogP contribution in [0.1, 0.15) is 12.5 Å². The fourth-order valence-corrected chi connectivity index (χ4v) is 8.53. The molecule has 0 unspecified atom stereocenters. The maximum atomic E-state index is 13.2. The number of rotatable bonds is 10. The summed E-state index contributed by atoms with van der Waals surface area (Å²) in [6.07, 6.45) is 0.576. The van der Waals surface area contributed by atoms with Crippen molar-refractivity contribution < 1.29 is 31.0 Å². The van der Waals surface area contributed by atoms with Gasteiger partial charge in [-0.3, -0.25) is 0 Å². The Balaban J connectivity index is 1.72. The summed E-state index contributed by atoms with van der Waals surface area (Å²) in [7, 11) is -4.19. The molecule has 0 saturated carbocycles. The summed E-state index contributed by atoms with van der Waals surface area (Å²) in [6.45, 7) is 2.73. The molecule has 32 heavy (non-hydrogen) atoms. The zero-order chi connectivity index (χ0) is 23.4. The Morgan fingerprint density at radius 1 is 1.00 bits per heavy atom. The van der Waals surface area contributed by atoms with E-state index in [0.717, 1.165) is 5.56 Å². The van der Waals surface area contributed by atoms with Gasteiger partial charge >= 0.3 is 0 Å². The first kappa shape index (κ1) is 24.3. The van der Waals surface area contributed by atoms with Gasteiger partial charge in [-0.05, 0) is 61.9 Å². The molecule has 2 atom stereocenters. The van der Waals surface area contributed by atoms with Crippen molar-refractivity contribution in [2.24, 2.45) is 0 Å². The van der Waals surface area contributed by atoms with Crippen LogP contribution >= 0.6 is 0 Å². The van der Waals surface area contributed by atoms with Crippen molar-refractivity contribution >= 4 is 19.7 Å². The zero-order valence-electron chi connectivity index (χ0n) is 18.4. The minimum absolute atomic E-state index is 0.0924. The fraction of sp³-hybridized carbons (Fsp3) is 0.455. The molecule has 1 aliphatic heterocycles. The van der Waals surface area contributed by atoms with Crippen LogP contribution in [0, 0.1) is 0 Å². The molecule has 1 aliphatic rings. The van der Waals surface area contributed by atoms with Crippen molar-refractivity contribution in [3.05, 3.63) is 48.0 Å². The third-order valence-electron chi connectivity index (χ3n) is 5.43. The first-order valence-electron chi connectivity index (χ1n) is 10.3. The maximum Gasteiger partial charge on any atom is 0.183 e. The lowest BCUT2D eigenvalue weighted by Crippen LogP contribution is -2.44. The van der Waals surface area contributed by atoms with E-state index in [2.05, 4.69) is 5.32 Å². The van der Waals surface area contributed by atoms with Crippen LogP contribution < -0.4 is 19.5 Å². The van der Waals surface area contributed by atoms with Gasteiger partial charge in [0, 0.05) is 6.04 Å². The Hall–Kier alpha value is -2.30. The van der Waals surface area contributed by atoms with Gasteiger partial charge in [0.1, 0.15) is 5.75 Å². The molecule has 2 aromatic rings. The maximum absolute atomic E-state index is 13.2. The van der Waals surface area contributed by atoms with E-state index in [1.165, 1.54) is 12.1 Å². The van der Waals surface area contributed by atoms with Gasteiger partial charge in [0.15, 0.2) is 31.2 Å². The molecule has 3 rings (SSSR count). The van der Waals surface area contributed by atoms with Crippen molar-refractivity contribution in [2.75, 3.05) is 38.9 Å². The summed E-state index contributed by atoms with van der Waals surface area (Å²) in [5, 5.41) is 2.11. The smallest absolute Gasteiger partial charge is 0.183 e. The number of methoxy groups -OCH3 is 2. The normalized spacial score (nSPS) is 20.1. The highest BCUT2D eigenvalue weighted by atomic mass is 32.2. The summed E-state index contributed by atoms with van der Waals surface area (Å²) in [5.41, 5.74) is 0.960. The Morgan fingerprint density at radius 3 is 2.31 bits per heavy atom. The third-order valence-corrected chi connectivity index (χ3v) is 9.60. The molecule has 0 spiro atoms. The van der Waals surface area contributed by atoms with Gasteiger partial charge in [-0.2, -0.15) is 0 Å². The largest absolute Gasteiger partial charge is 0.494 e. The van der Waals surface area contributed by atoms with Crippen LogP contribution in [-0.2, 0) is 26.1 Å². The molecule has 0 radical (unpaired) electrons. The second kappa shape index (κ2) is 10.1. The predicted octanol–water partition coefficient (Wildman–Crippen LogP) is 1.87. The van der Waals surface area contributed by atoms with E-state index in [0.29, 0.717) is 36.8 Å². The summed E-state index contributed by atoms with van der Waals surface area (Å²) in [4.78, 5) is 0.0924. The van der Waals surface area contributed by atoms with Gasteiger partial charge in [0.2, 0.25) is 0 Å². The summed E-state index contributed by atoms with van der Waals surface area (Å²) >= 11 is 0. The van der Waals surface area contributed by atoms with E-state index in [1.54, 1.807) is 32.4 Å². The van der Waals surface area contributed by atoms with Crippen molar-refractivity contribution in [2.45, 2.75) is 29.5 Å². The van der Waals surface area contributed by atoms with Crippen LogP contribution in [0.2, 0.25) is 0 Å². The number of nitrogens with one attached hydrogen (secondary N) is 1. The Morgan fingerprint density at radius 2 is 1.69 bits per heavy atom. The zero-order valence-corrected chi connectivity index (χ0v) is 20.0. The molecule has 0 amide bonds. The van der Waals surface area contributed by atoms with Crippen LogP contribution in [0.15, 0.2) is 47.4 Å². The molecule has 0 aromatic heterocycles. The lowest BCUT2D eigenvalue weighted by Gasteiger charge is -2.20. The van der Waals surface area contributed by atoms with Gasteiger partial charge in [-0.15, -0.1) is 0 Å². The first-order chi connectivity index (χ1) is 15.2. The number of benzene rings is 2. The van der Waals surface area contributed by atoms with E-state index in [4.69, 9.17) is 14.2 Å². The average Bonchev–Trinajstić information content (AvgIpc) is 3.09. The second-order valence-electron chi connectivity index (χ2n) is 7.56. The molecule has 1 saturated heterocycles. The van der Waals surface area contributed by atoms with Gasteiger partial charge in [-0.25, -0.2) is 16.8 Å². The highest BCUT2D eigenvalue weighted by Gasteiger charge is 2.45. The molecule has 2 aromatic carbocycles. The monoisotopic (exact) mass is 483 g/mol. The number of hydrogen-bond acceptors (Lipinski definition) is 8. The van der Waals surface area contributed by atoms with Crippen LogP contribution in [0.25, 0.3) is 0 Å². The molecular formula is C22H29NO7S2. The van der Waals surface area contributed by atoms with Crippen molar-refractivity contribution in [1.82, 2.24) is 5.32 Å².